The van der Waals surface area contributed by atoms with E-state index in [0.717, 1.165) is 25.0 Å². The number of alkyl halides is 3. The molecule has 0 saturated carbocycles. The van der Waals surface area contributed by atoms with Gasteiger partial charge in [-0.15, -0.1) is 5.10 Å². The summed E-state index contributed by atoms with van der Waals surface area (Å²) in [6.07, 6.45) is -1.83. The van der Waals surface area contributed by atoms with Crippen LogP contribution < -0.4 is 10.5 Å². The molecular weight excluding hydrogens is 647 g/mol. The molecule has 4 aliphatic heterocycles. The second-order valence-electron chi connectivity index (χ2n) is 12.7. The number of benzene rings is 2. The molecule has 0 radical (unpaired) electrons. The van der Waals surface area contributed by atoms with Gasteiger partial charge in [0.2, 0.25) is 5.91 Å². The Kier molecular flexibility index (Phi) is 9.02. The summed E-state index contributed by atoms with van der Waals surface area (Å²) in [6.45, 7) is 2.89. The van der Waals surface area contributed by atoms with Gasteiger partial charge in [-0.1, -0.05) is 17.3 Å². The molecule has 3 saturated heterocycles. The van der Waals surface area contributed by atoms with Crippen molar-refractivity contribution < 1.29 is 41.8 Å². The molecule has 0 bridgehead atoms. The number of primary amides is 1. The fraction of sp³-hybridized carbons (Fsp3) is 0.485. The van der Waals surface area contributed by atoms with E-state index in [2.05, 4.69) is 15.2 Å². The number of amides is 3. The first-order valence-electron chi connectivity index (χ1n) is 16.3. The fourth-order valence-electron chi connectivity index (χ4n) is 7.17. The average Bonchev–Trinajstić information content (AvgIpc) is 3.76. The van der Waals surface area contributed by atoms with Crippen molar-refractivity contribution in [3.05, 3.63) is 71.0 Å². The molecule has 2 N–H and O–H groups in total. The molecule has 1 aromatic heterocycles. The topological polar surface area (TPSA) is 145 Å². The van der Waals surface area contributed by atoms with Crippen molar-refractivity contribution in [2.24, 2.45) is 5.73 Å². The van der Waals surface area contributed by atoms with Crippen molar-refractivity contribution in [3.63, 3.8) is 0 Å². The third-order valence-corrected chi connectivity index (χ3v) is 9.71. The van der Waals surface area contributed by atoms with Gasteiger partial charge in [0.15, 0.2) is 0 Å². The van der Waals surface area contributed by atoms with Crippen LogP contribution >= 0.6 is 0 Å². The highest BCUT2D eigenvalue weighted by atomic mass is 19.4. The van der Waals surface area contributed by atoms with Gasteiger partial charge in [-0.2, -0.15) is 13.2 Å². The first-order chi connectivity index (χ1) is 23.6. The van der Waals surface area contributed by atoms with Gasteiger partial charge >= 0.3 is 6.18 Å². The van der Waals surface area contributed by atoms with E-state index >= 15 is 0 Å². The van der Waals surface area contributed by atoms with Crippen LogP contribution in [0.2, 0.25) is 0 Å². The number of para-hydroxylation sites is 1. The standard InChI is InChI=1S/C33H36F3N7O6/c34-33(35,36)20-5-6-29-26(13-20)31(45)42-17-24(48-18-21-15-43(39-38-21)27-4-2-1-3-25(27)30(37)44)14-28(42)32(46)41-10-9-40(16-23(41)19-49-29)22-7-11-47-12-8-22/h1-6,13,15,22-24,28H,7-12,14,16-19H2,(H2,37,44)/t23-,24+,28-/m0/s1. The molecular formula is C33H36F3N7O6. The highest BCUT2D eigenvalue weighted by molar-refractivity contribution is 6.00. The number of nitrogens with zero attached hydrogens (tertiary/aromatic N) is 6. The van der Waals surface area contributed by atoms with Gasteiger partial charge < -0.3 is 29.7 Å². The Balaban J connectivity index is 1.14. The number of aromatic nitrogens is 3. The maximum atomic E-state index is 14.3. The quantitative estimate of drug-likeness (QED) is 0.414. The third kappa shape index (κ3) is 6.72. The molecule has 16 heteroatoms. The molecule has 0 aliphatic carbocycles. The Morgan fingerprint density at radius 3 is 2.59 bits per heavy atom. The summed E-state index contributed by atoms with van der Waals surface area (Å²) in [5.41, 5.74) is 5.38. The minimum Gasteiger partial charge on any atom is -0.491 e. The SMILES string of the molecule is NC(=O)c1ccccc1-n1cc(CO[C@@H]2C[C@H]3C(=O)N4CCN(C5CCOCC5)C[C@H]4COc4ccc(C(F)(F)F)cc4C(=O)N3C2)nn1. The van der Waals surface area contributed by atoms with Gasteiger partial charge in [-0.3, -0.25) is 19.3 Å². The minimum absolute atomic E-state index is 0.0261. The number of carbonyl (C=O) groups excluding carboxylic acids is 3. The van der Waals surface area contributed by atoms with Crippen LogP contribution in [-0.4, -0.2) is 118 Å². The van der Waals surface area contributed by atoms with Gasteiger partial charge in [-0.05, 0) is 43.2 Å². The normalized spacial score (nSPS) is 23.9. The predicted octanol–water partition coefficient (Wildman–Crippen LogP) is 2.27. The van der Waals surface area contributed by atoms with E-state index < -0.39 is 35.7 Å². The van der Waals surface area contributed by atoms with Crippen LogP contribution in [0.5, 0.6) is 5.75 Å². The van der Waals surface area contributed by atoms with Crippen molar-refractivity contribution in [3.8, 4) is 11.4 Å². The summed E-state index contributed by atoms with van der Waals surface area (Å²) < 4.78 is 60.5. The zero-order valence-corrected chi connectivity index (χ0v) is 26.6. The van der Waals surface area contributed by atoms with E-state index in [-0.39, 0.29) is 55.0 Å². The first kappa shape index (κ1) is 33.0. The molecule has 49 heavy (non-hydrogen) atoms. The number of rotatable bonds is 6. The molecule has 7 rings (SSSR count). The maximum absolute atomic E-state index is 14.3. The maximum Gasteiger partial charge on any atom is 0.416 e. The number of carbonyl (C=O) groups is 3. The Hall–Kier alpha value is -4.54. The number of ether oxygens (including phenoxy) is 3. The monoisotopic (exact) mass is 683 g/mol. The van der Waals surface area contributed by atoms with Crippen molar-refractivity contribution in [2.75, 3.05) is 46.0 Å². The van der Waals surface area contributed by atoms with Gasteiger partial charge in [0.1, 0.15) is 24.1 Å². The molecule has 0 spiro atoms. The van der Waals surface area contributed by atoms with Crippen LogP contribution in [0.15, 0.2) is 48.7 Å². The van der Waals surface area contributed by atoms with E-state index in [9.17, 15) is 27.6 Å². The number of halogens is 3. The molecule has 3 aromatic rings. The Morgan fingerprint density at radius 1 is 1.02 bits per heavy atom. The van der Waals surface area contributed by atoms with Crippen molar-refractivity contribution in [1.82, 2.24) is 29.7 Å². The van der Waals surface area contributed by atoms with Crippen LogP contribution in [-0.2, 0) is 27.1 Å². The number of fused-ring (bicyclic) bond motifs is 3. The lowest BCUT2D eigenvalue weighted by Crippen LogP contribution is -2.62. The smallest absolute Gasteiger partial charge is 0.416 e. The summed E-state index contributed by atoms with van der Waals surface area (Å²) in [5, 5.41) is 8.23. The lowest BCUT2D eigenvalue weighted by Gasteiger charge is -2.46. The first-order valence-corrected chi connectivity index (χ1v) is 16.3. The van der Waals surface area contributed by atoms with Crippen molar-refractivity contribution in [1.29, 1.82) is 0 Å². The Labute approximate surface area is 279 Å². The van der Waals surface area contributed by atoms with Gasteiger partial charge in [-0.25, -0.2) is 4.68 Å². The van der Waals surface area contributed by atoms with E-state index in [1.165, 1.54) is 15.6 Å². The molecule has 4 aliphatic rings. The largest absolute Gasteiger partial charge is 0.491 e. The summed E-state index contributed by atoms with van der Waals surface area (Å²) >= 11 is 0. The van der Waals surface area contributed by atoms with Gasteiger partial charge in [0.05, 0.1) is 47.3 Å². The highest BCUT2D eigenvalue weighted by Gasteiger charge is 2.46. The molecule has 3 atom stereocenters. The van der Waals surface area contributed by atoms with Crippen LogP contribution in [0.1, 0.15) is 51.2 Å². The summed E-state index contributed by atoms with van der Waals surface area (Å²) in [7, 11) is 0. The lowest BCUT2D eigenvalue weighted by molar-refractivity contribution is -0.143. The molecule has 260 valence electrons. The zero-order valence-electron chi connectivity index (χ0n) is 26.6. The van der Waals surface area contributed by atoms with Crippen LogP contribution in [0.25, 0.3) is 5.69 Å². The third-order valence-electron chi connectivity index (χ3n) is 9.71. The highest BCUT2D eigenvalue weighted by Crippen LogP contribution is 2.36. The summed E-state index contributed by atoms with van der Waals surface area (Å²) in [6, 6.07) is 8.50. The molecule has 5 heterocycles. The van der Waals surface area contributed by atoms with E-state index in [1.807, 2.05) is 0 Å². The number of piperazine rings is 1. The molecule has 2 aromatic carbocycles. The number of hydrogen-bond donors (Lipinski definition) is 1. The Bertz CT molecular complexity index is 1730. The van der Waals surface area contributed by atoms with Crippen molar-refractivity contribution >= 4 is 17.7 Å². The van der Waals surface area contributed by atoms with Crippen LogP contribution in [0, 0.1) is 0 Å². The predicted molar refractivity (Wildman–Crippen MR) is 166 cm³/mol. The molecule has 13 nitrogen and oxygen atoms in total. The summed E-state index contributed by atoms with van der Waals surface area (Å²) in [4.78, 5) is 45.6. The van der Waals surface area contributed by atoms with Gasteiger partial charge in [0, 0.05) is 51.9 Å². The molecule has 0 unspecified atom stereocenters. The molecule has 3 fully saturated rings. The summed E-state index contributed by atoms with van der Waals surface area (Å²) in [5.74, 6) is -1.62. The minimum atomic E-state index is -4.68. The Morgan fingerprint density at radius 2 is 1.82 bits per heavy atom. The lowest BCUT2D eigenvalue weighted by atomic mass is 10.0. The second kappa shape index (κ2) is 13.4. The number of nitrogens with two attached hydrogens (primary N) is 1. The van der Waals surface area contributed by atoms with Crippen LogP contribution in [0.4, 0.5) is 13.2 Å². The zero-order chi connectivity index (χ0) is 34.3. The van der Waals surface area contributed by atoms with Crippen molar-refractivity contribution in [2.45, 2.75) is 56.3 Å². The second-order valence-corrected chi connectivity index (χ2v) is 12.7. The van der Waals surface area contributed by atoms with E-state index in [1.54, 1.807) is 35.4 Å². The fourth-order valence-corrected chi connectivity index (χ4v) is 7.17. The van der Waals surface area contributed by atoms with Gasteiger partial charge in [0.25, 0.3) is 11.8 Å². The average molecular weight is 684 g/mol. The number of hydrogen-bond acceptors (Lipinski definition) is 9. The van der Waals surface area contributed by atoms with E-state index in [4.69, 9.17) is 19.9 Å². The van der Waals surface area contributed by atoms with Crippen LogP contribution in [0.3, 0.4) is 0 Å². The molecule has 3 amide bonds. The van der Waals surface area contributed by atoms with E-state index in [0.29, 0.717) is 50.3 Å².